The molecule has 1 saturated carbocycles. The van der Waals surface area contributed by atoms with Crippen molar-refractivity contribution in [1.82, 2.24) is 5.32 Å². The Balaban J connectivity index is 2.68. The highest BCUT2D eigenvalue weighted by Crippen LogP contribution is 2.31. The Morgan fingerprint density at radius 1 is 1.53 bits per heavy atom. The molecule has 0 aromatic rings. The molecule has 6 nitrogen and oxygen atoms in total. The highest BCUT2D eigenvalue weighted by Gasteiger charge is 2.41. The van der Waals surface area contributed by atoms with Crippen LogP contribution in [0.25, 0.3) is 0 Å². The predicted octanol–water partition coefficient (Wildman–Crippen LogP) is -0.947. The van der Waals surface area contributed by atoms with Crippen LogP contribution >= 0.6 is 0 Å². The second kappa shape index (κ2) is 6.30. The van der Waals surface area contributed by atoms with Crippen LogP contribution < -0.4 is 5.32 Å². The van der Waals surface area contributed by atoms with Gasteiger partial charge >= 0.3 is 5.97 Å². The van der Waals surface area contributed by atoms with Crippen molar-refractivity contribution < 1.29 is 24.9 Å². The van der Waals surface area contributed by atoms with Crippen LogP contribution in [0.15, 0.2) is 0 Å². The number of carboxylic acid groups (broad SMARTS) is 1. The third-order valence-electron chi connectivity index (χ3n) is 3.61. The van der Waals surface area contributed by atoms with E-state index in [1.165, 1.54) is 7.11 Å². The van der Waals surface area contributed by atoms with Crippen LogP contribution in [0.1, 0.15) is 13.3 Å². The van der Waals surface area contributed by atoms with Gasteiger partial charge in [-0.15, -0.1) is 0 Å². The van der Waals surface area contributed by atoms with E-state index < -0.39 is 18.1 Å². The number of hydrogen-bond donors (Lipinski definition) is 4. The molecule has 17 heavy (non-hydrogen) atoms. The Kier molecular flexibility index (Phi) is 5.32. The highest BCUT2D eigenvalue weighted by atomic mass is 16.5. The van der Waals surface area contributed by atoms with Gasteiger partial charge in [0.15, 0.2) is 0 Å². The predicted molar refractivity (Wildman–Crippen MR) is 60.6 cm³/mol. The zero-order valence-electron chi connectivity index (χ0n) is 10.2. The summed E-state index contributed by atoms with van der Waals surface area (Å²) in [6.07, 6.45) is -0.384. The molecule has 6 heteroatoms. The SMILES string of the molecule is CO[C@@H]1CC(CO)[C@H](C)[C@H](O)C1NCC(=O)O. The van der Waals surface area contributed by atoms with Gasteiger partial charge in [-0.3, -0.25) is 10.1 Å². The standard InChI is InChI=1S/C11H21NO5/c1-6-7(5-13)3-8(17-2)10(11(6)16)12-4-9(14)15/h6-8,10-13,16H,3-5H2,1-2H3,(H,14,15)/t6-,7?,8+,10?,11-/m0/s1. The number of aliphatic hydroxyl groups is 2. The lowest BCUT2D eigenvalue weighted by Crippen LogP contribution is -2.58. The number of rotatable bonds is 5. The summed E-state index contributed by atoms with van der Waals surface area (Å²) in [5, 5.41) is 30.7. The number of ether oxygens (including phenoxy) is 1. The first-order valence-corrected chi connectivity index (χ1v) is 5.78. The number of aliphatic hydroxyl groups excluding tert-OH is 2. The minimum atomic E-state index is -0.969. The number of methoxy groups -OCH3 is 1. The number of carboxylic acids is 1. The summed E-state index contributed by atoms with van der Waals surface area (Å²) in [7, 11) is 1.53. The van der Waals surface area contributed by atoms with Crippen molar-refractivity contribution in [2.24, 2.45) is 11.8 Å². The lowest BCUT2D eigenvalue weighted by atomic mass is 9.74. The summed E-state index contributed by atoms with van der Waals surface area (Å²) in [6.45, 7) is 1.65. The summed E-state index contributed by atoms with van der Waals surface area (Å²) in [5.41, 5.74) is 0. The van der Waals surface area contributed by atoms with Crippen LogP contribution in [0.4, 0.5) is 0 Å². The molecule has 100 valence electrons. The summed E-state index contributed by atoms with van der Waals surface area (Å²) in [6, 6.07) is -0.408. The fraction of sp³-hybridized carbons (Fsp3) is 0.909. The average molecular weight is 247 g/mol. The maximum Gasteiger partial charge on any atom is 0.317 e. The average Bonchev–Trinajstić information content (AvgIpc) is 2.30. The van der Waals surface area contributed by atoms with Gasteiger partial charge in [-0.05, 0) is 18.3 Å². The molecule has 0 spiro atoms. The maximum absolute atomic E-state index is 10.5. The molecule has 0 aromatic carbocycles. The van der Waals surface area contributed by atoms with E-state index in [0.717, 1.165) is 0 Å². The summed E-state index contributed by atoms with van der Waals surface area (Å²) < 4.78 is 5.26. The lowest BCUT2D eigenvalue weighted by Gasteiger charge is -2.42. The number of hydrogen-bond acceptors (Lipinski definition) is 5. The lowest BCUT2D eigenvalue weighted by molar-refractivity contribution is -0.137. The highest BCUT2D eigenvalue weighted by molar-refractivity contribution is 5.69. The first-order chi connectivity index (χ1) is 8.01. The van der Waals surface area contributed by atoms with Gasteiger partial charge in [-0.25, -0.2) is 0 Å². The molecule has 1 rings (SSSR count). The molecule has 0 heterocycles. The van der Waals surface area contributed by atoms with Crippen molar-refractivity contribution >= 4 is 5.97 Å². The van der Waals surface area contributed by atoms with Crippen molar-refractivity contribution in [3.05, 3.63) is 0 Å². The summed E-state index contributed by atoms with van der Waals surface area (Å²) in [4.78, 5) is 10.5. The monoisotopic (exact) mass is 247 g/mol. The fourth-order valence-corrected chi connectivity index (χ4v) is 2.43. The van der Waals surface area contributed by atoms with Crippen molar-refractivity contribution in [3.8, 4) is 0 Å². The van der Waals surface area contributed by atoms with Crippen molar-refractivity contribution in [1.29, 1.82) is 0 Å². The minimum absolute atomic E-state index is 0.00371. The molecule has 4 N–H and O–H groups in total. The molecule has 1 aliphatic rings. The van der Waals surface area contributed by atoms with Gasteiger partial charge in [-0.1, -0.05) is 6.92 Å². The summed E-state index contributed by atoms with van der Waals surface area (Å²) >= 11 is 0. The van der Waals surface area contributed by atoms with E-state index in [2.05, 4.69) is 5.32 Å². The molecule has 0 radical (unpaired) electrons. The van der Waals surface area contributed by atoms with Gasteiger partial charge in [0.1, 0.15) is 0 Å². The molecule has 1 aliphatic carbocycles. The minimum Gasteiger partial charge on any atom is -0.480 e. The molecular formula is C11H21NO5. The van der Waals surface area contributed by atoms with E-state index in [1.807, 2.05) is 6.92 Å². The topological polar surface area (TPSA) is 99.0 Å². The molecule has 0 saturated heterocycles. The first-order valence-electron chi connectivity index (χ1n) is 5.78. The van der Waals surface area contributed by atoms with E-state index in [1.54, 1.807) is 0 Å². The largest absolute Gasteiger partial charge is 0.480 e. The molecule has 0 aliphatic heterocycles. The van der Waals surface area contributed by atoms with Crippen LogP contribution in [0.2, 0.25) is 0 Å². The van der Waals surface area contributed by atoms with Crippen LogP contribution in [-0.4, -0.2) is 59.8 Å². The van der Waals surface area contributed by atoms with E-state index in [4.69, 9.17) is 9.84 Å². The van der Waals surface area contributed by atoms with E-state index in [9.17, 15) is 15.0 Å². The van der Waals surface area contributed by atoms with Crippen LogP contribution in [-0.2, 0) is 9.53 Å². The molecule has 0 amide bonds. The number of aliphatic carboxylic acids is 1. The number of carbonyl (C=O) groups is 1. The molecule has 1 fully saturated rings. The van der Waals surface area contributed by atoms with Gasteiger partial charge < -0.3 is 20.1 Å². The maximum atomic E-state index is 10.5. The van der Waals surface area contributed by atoms with Crippen LogP contribution in [0.3, 0.4) is 0 Å². The Morgan fingerprint density at radius 3 is 2.65 bits per heavy atom. The third kappa shape index (κ3) is 3.38. The van der Waals surface area contributed by atoms with Gasteiger partial charge in [0, 0.05) is 13.7 Å². The zero-order chi connectivity index (χ0) is 13.0. The summed E-state index contributed by atoms with van der Waals surface area (Å²) in [5.74, 6) is -1.07. The molecule has 0 bridgehead atoms. The van der Waals surface area contributed by atoms with Crippen molar-refractivity contribution in [2.45, 2.75) is 31.6 Å². The van der Waals surface area contributed by atoms with Crippen molar-refractivity contribution in [2.75, 3.05) is 20.3 Å². The van der Waals surface area contributed by atoms with Crippen LogP contribution in [0.5, 0.6) is 0 Å². The Hall–Kier alpha value is -0.690. The number of nitrogens with one attached hydrogen (secondary N) is 1. The molecular weight excluding hydrogens is 226 g/mol. The smallest absolute Gasteiger partial charge is 0.317 e. The second-order valence-corrected chi connectivity index (χ2v) is 4.60. The second-order valence-electron chi connectivity index (χ2n) is 4.60. The van der Waals surface area contributed by atoms with Gasteiger partial charge in [0.25, 0.3) is 0 Å². The molecule has 0 aromatic heterocycles. The zero-order valence-corrected chi connectivity index (χ0v) is 10.2. The van der Waals surface area contributed by atoms with E-state index in [0.29, 0.717) is 6.42 Å². The molecule has 2 unspecified atom stereocenters. The normalized spacial score (nSPS) is 38.0. The van der Waals surface area contributed by atoms with E-state index >= 15 is 0 Å². The quantitative estimate of drug-likeness (QED) is 0.500. The van der Waals surface area contributed by atoms with Gasteiger partial charge in [0.05, 0.1) is 24.8 Å². The Labute approximate surface area is 101 Å². The Bertz CT molecular complexity index is 258. The Morgan fingerprint density at radius 2 is 2.18 bits per heavy atom. The van der Waals surface area contributed by atoms with Gasteiger partial charge in [0.2, 0.25) is 0 Å². The van der Waals surface area contributed by atoms with E-state index in [-0.39, 0.29) is 31.1 Å². The van der Waals surface area contributed by atoms with Crippen LogP contribution in [0, 0.1) is 11.8 Å². The molecule has 5 atom stereocenters. The first kappa shape index (κ1) is 14.4. The van der Waals surface area contributed by atoms with Crippen molar-refractivity contribution in [3.63, 3.8) is 0 Å². The van der Waals surface area contributed by atoms with Gasteiger partial charge in [-0.2, -0.15) is 0 Å². The fourth-order valence-electron chi connectivity index (χ4n) is 2.43. The third-order valence-corrected chi connectivity index (χ3v) is 3.61.